The van der Waals surface area contributed by atoms with Gasteiger partial charge in [0.05, 0.1) is 11.7 Å². The van der Waals surface area contributed by atoms with Gasteiger partial charge in [0.1, 0.15) is 0 Å². The van der Waals surface area contributed by atoms with E-state index in [-0.39, 0.29) is 5.28 Å². The highest BCUT2D eigenvalue weighted by atomic mass is 79.9. The zero-order valence-corrected chi connectivity index (χ0v) is 14.1. The predicted octanol–water partition coefficient (Wildman–Crippen LogP) is 4.80. The monoisotopic (exact) mass is 374 g/mol. The van der Waals surface area contributed by atoms with Crippen molar-refractivity contribution in [3.63, 3.8) is 0 Å². The SMILES string of the molecule is Cc1cccc(C=NNc2nc(Cl)nc3c(Br)cccc23)c1. The van der Waals surface area contributed by atoms with Gasteiger partial charge < -0.3 is 0 Å². The lowest BCUT2D eigenvalue weighted by Crippen LogP contribution is -1.97. The van der Waals surface area contributed by atoms with Gasteiger partial charge in [-0.25, -0.2) is 4.98 Å². The number of fused-ring (bicyclic) bond motifs is 1. The van der Waals surface area contributed by atoms with Crippen molar-refractivity contribution in [2.24, 2.45) is 5.10 Å². The van der Waals surface area contributed by atoms with E-state index in [9.17, 15) is 0 Å². The van der Waals surface area contributed by atoms with E-state index in [1.165, 1.54) is 5.56 Å². The average molecular weight is 376 g/mol. The molecular formula is C16H12BrClN4. The fourth-order valence-corrected chi connectivity index (χ4v) is 2.72. The topological polar surface area (TPSA) is 50.2 Å². The van der Waals surface area contributed by atoms with E-state index in [0.717, 1.165) is 20.9 Å². The molecule has 0 atom stereocenters. The van der Waals surface area contributed by atoms with Crippen LogP contribution in [0.25, 0.3) is 10.9 Å². The molecule has 3 rings (SSSR count). The molecule has 1 heterocycles. The number of hydrogen-bond acceptors (Lipinski definition) is 4. The molecule has 0 aliphatic heterocycles. The van der Waals surface area contributed by atoms with Crippen molar-refractivity contribution < 1.29 is 0 Å². The average Bonchev–Trinajstić information content (AvgIpc) is 2.48. The molecule has 110 valence electrons. The molecule has 2 aromatic carbocycles. The van der Waals surface area contributed by atoms with Crippen LogP contribution in [-0.4, -0.2) is 16.2 Å². The third kappa shape index (κ3) is 3.26. The Bertz CT molecular complexity index is 864. The number of para-hydroxylation sites is 1. The van der Waals surface area contributed by atoms with Crippen LogP contribution in [0.1, 0.15) is 11.1 Å². The second kappa shape index (κ2) is 6.42. The lowest BCUT2D eigenvalue weighted by Gasteiger charge is -2.06. The Morgan fingerprint density at radius 3 is 2.82 bits per heavy atom. The predicted molar refractivity (Wildman–Crippen MR) is 94.6 cm³/mol. The Hall–Kier alpha value is -1.98. The molecule has 0 bridgehead atoms. The van der Waals surface area contributed by atoms with Crippen molar-refractivity contribution in [3.8, 4) is 0 Å². The van der Waals surface area contributed by atoms with E-state index < -0.39 is 0 Å². The van der Waals surface area contributed by atoms with Gasteiger partial charge in [-0.2, -0.15) is 10.1 Å². The third-order valence-electron chi connectivity index (χ3n) is 3.08. The number of aromatic nitrogens is 2. The van der Waals surface area contributed by atoms with Gasteiger partial charge in [-0.15, -0.1) is 0 Å². The summed E-state index contributed by atoms with van der Waals surface area (Å²) in [6.07, 6.45) is 1.74. The van der Waals surface area contributed by atoms with E-state index in [2.05, 4.69) is 36.4 Å². The molecule has 0 radical (unpaired) electrons. The van der Waals surface area contributed by atoms with Crippen LogP contribution in [-0.2, 0) is 0 Å². The molecular weight excluding hydrogens is 364 g/mol. The van der Waals surface area contributed by atoms with E-state index in [1.807, 2.05) is 49.4 Å². The first-order valence-electron chi connectivity index (χ1n) is 6.61. The van der Waals surface area contributed by atoms with Gasteiger partial charge in [-0.1, -0.05) is 35.9 Å². The van der Waals surface area contributed by atoms with Crippen LogP contribution < -0.4 is 5.43 Å². The fraction of sp³-hybridized carbons (Fsp3) is 0.0625. The Balaban J connectivity index is 1.92. The minimum atomic E-state index is 0.174. The maximum atomic E-state index is 5.98. The van der Waals surface area contributed by atoms with Gasteiger partial charge in [-0.3, -0.25) is 5.43 Å². The van der Waals surface area contributed by atoms with Crippen molar-refractivity contribution in [3.05, 3.63) is 63.3 Å². The minimum absolute atomic E-state index is 0.174. The minimum Gasteiger partial charge on any atom is -0.261 e. The second-order valence-corrected chi connectivity index (χ2v) is 5.95. The van der Waals surface area contributed by atoms with Crippen LogP contribution in [0.4, 0.5) is 5.82 Å². The van der Waals surface area contributed by atoms with Gasteiger partial charge in [0.2, 0.25) is 5.28 Å². The van der Waals surface area contributed by atoms with Crippen molar-refractivity contribution in [2.75, 3.05) is 5.43 Å². The molecule has 0 aliphatic rings. The number of hydrogen-bond donors (Lipinski definition) is 1. The van der Waals surface area contributed by atoms with Crippen molar-refractivity contribution in [1.82, 2.24) is 9.97 Å². The first kappa shape index (κ1) is 14.9. The number of rotatable bonds is 3. The van der Waals surface area contributed by atoms with Gasteiger partial charge in [-0.05, 0) is 52.2 Å². The molecule has 0 fully saturated rings. The van der Waals surface area contributed by atoms with Gasteiger partial charge >= 0.3 is 0 Å². The number of aryl methyl sites for hydroxylation is 1. The normalized spacial score (nSPS) is 11.2. The highest BCUT2D eigenvalue weighted by molar-refractivity contribution is 9.10. The molecule has 0 amide bonds. The van der Waals surface area contributed by atoms with Gasteiger partial charge in [0, 0.05) is 9.86 Å². The zero-order valence-electron chi connectivity index (χ0n) is 11.7. The fourth-order valence-electron chi connectivity index (χ4n) is 2.09. The summed E-state index contributed by atoms with van der Waals surface area (Å²) in [6.45, 7) is 2.04. The summed E-state index contributed by atoms with van der Waals surface area (Å²) < 4.78 is 0.861. The van der Waals surface area contributed by atoms with E-state index in [4.69, 9.17) is 11.6 Å². The number of halogens is 2. The lowest BCUT2D eigenvalue weighted by molar-refractivity contribution is 1.18. The second-order valence-electron chi connectivity index (χ2n) is 4.76. The molecule has 0 spiro atoms. The summed E-state index contributed by atoms with van der Waals surface area (Å²) in [4.78, 5) is 8.43. The molecule has 3 aromatic rings. The summed E-state index contributed by atoms with van der Waals surface area (Å²) in [5, 5.41) is 5.26. The Morgan fingerprint density at radius 2 is 2.00 bits per heavy atom. The molecule has 1 aromatic heterocycles. The Morgan fingerprint density at radius 1 is 1.18 bits per heavy atom. The maximum Gasteiger partial charge on any atom is 0.225 e. The van der Waals surface area contributed by atoms with Crippen LogP contribution in [0.15, 0.2) is 52.0 Å². The number of nitrogens with one attached hydrogen (secondary N) is 1. The molecule has 0 saturated carbocycles. The third-order valence-corrected chi connectivity index (χ3v) is 3.89. The quantitative estimate of drug-likeness (QED) is 0.406. The maximum absolute atomic E-state index is 5.98. The largest absolute Gasteiger partial charge is 0.261 e. The summed E-state index contributed by atoms with van der Waals surface area (Å²) in [5.41, 5.74) is 5.88. The van der Waals surface area contributed by atoms with E-state index in [1.54, 1.807) is 6.21 Å². The summed E-state index contributed by atoms with van der Waals surface area (Å²) >= 11 is 9.44. The van der Waals surface area contributed by atoms with Crippen molar-refractivity contribution >= 4 is 50.5 Å². The highest BCUT2D eigenvalue weighted by Gasteiger charge is 2.08. The molecule has 1 N–H and O–H groups in total. The van der Waals surface area contributed by atoms with E-state index in [0.29, 0.717) is 5.82 Å². The highest BCUT2D eigenvalue weighted by Crippen LogP contribution is 2.27. The molecule has 0 unspecified atom stereocenters. The lowest BCUT2D eigenvalue weighted by atomic mass is 10.2. The first-order chi connectivity index (χ1) is 10.6. The van der Waals surface area contributed by atoms with Crippen LogP contribution in [0.2, 0.25) is 5.28 Å². The van der Waals surface area contributed by atoms with Gasteiger partial charge in [0.15, 0.2) is 5.82 Å². The standard InChI is InChI=1S/C16H12BrClN4/c1-10-4-2-5-11(8-10)9-19-22-15-12-6-3-7-13(17)14(12)20-16(18)21-15/h2-9H,1H3,(H,20,21,22). The summed E-state index contributed by atoms with van der Waals surface area (Å²) in [5.74, 6) is 0.570. The molecule has 0 saturated heterocycles. The Labute approximate surface area is 141 Å². The summed E-state index contributed by atoms with van der Waals surface area (Å²) in [7, 11) is 0. The van der Waals surface area contributed by atoms with Crippen LogP contribution in [0.5, 0.6) is 0 Å². The van der Waals surface area contributed by atoms with Gasteiger partial charge in [0.25, 0.3) is 0 Å². The zero-order chi connectivity index (χ0) is 15.5. The number of benzene rings is 2. The van der Waals surface area contributed by atoms with Crippen molar-refractivity contribution in [2.45, 2.75) is 6.92 Å². The molecule has 22 heavy (non-hydrogen) atoms. The van der Waals surface area contributed by atoms with E-state index >= 15 is 0 Å². The number of anilines is 1. The first-order valence-corrected chi connectivity index (χ1v) is 7.78. The number of hydrazone groups is 1. The van der Waals surface area contributed by atoms with Crippen molar-refractivity contribution in [1.29, 1.82) is 0 Å². The van der Waals surface area contributed by atoms with Crippen LogP contribution in [0, 0.1) is 6.92 Å². The number of nitrogens with zero attached hydrogens (tertiary/aromatic N) is 3. The summed E-state index contributed by atoms with van der Waals surface area (Å²) in [6, 6.07) is 13.8. The van der Waals surface area contributed by atoms with Crippen LogP contribution >= 0.6 is 27.5 Å². The molecule has 4 nitrogen and oxygen atoms in total. The Kier molecular flexibility index (Phi) is 4.36. The molecule has 6 heteroatoms. The van der Waals surface area contributed by atoms with Crippen LogP contribution in [0.3, 0.4) is 0 Å². The smallest absolute Gasteiger partial charge is 0.225 e. The molecule has 0 aliphatic carbocycles.